The zero-order valence-electron chi connectivity index (χ0n) is 13.6. The van der Waals surface area contributed by atoms with Crippen molar-refractivity contribution >= 4 is 11.9 Å². The summed E-state index contributed by atoms with van der Waals surface area (Å²) in [5, 5.41) is 13.6. The van der Waals surface area contributed by atoms with Gasteiger partial charge in [-0.25, -0.2) is 0 Å². The number of benzene rings is 1. The van der Waals surface area contributed by atoms with Crippen molar-refractivity contribution in [3.8, 4) is 0 Å². The number of carboxylic acid groups (broad SMARTS) is 1. The van der Waals surface area contributed by atoms with Crippen LogP contribution in [0.25, 0.3) is 0 Å². The molecule has 126 valence electrons. The first kappa shape index (κ1) is 16.2. The first-order valence-corrected chi connectivity index (χ1v) is 8.10. The molecule has 2 heterocycles. The Bertz CT molecular complexity index is 740. The molecule has 24 heavy (non-hydrogen) atoms. The Morgan fingerprint density at radius 1 is 1.33 bits per heavy atom. The average Bonchev–Trinajstić information content (AvgIpc) is 3.23. The number of carbonyl (C=O) groups excluding carboxylic acids is 1. The Labute approximate surface area is 140 Å². The third-order valence-corrected chi connectivity index (χ3v) is 4.57. The fraction of sp³-hybridized carbons (Fsp3) is 0.389. The number of hydrogen-bond donors (Lipinski definition) is 1. The summed E-state index contributed by atoms with van der Waals surface area (Å²) < 4.78 is 5.16. The third kappa shape index (κ3) is 2.79. The summed E-state index contributed by atoms with van der Waals surface area (Å²) >= 11 is 0. The van der Waals surface area contributed by atoms with Gasteiger partial charge in [0, 0.05) is 25.6 Å². The van der Waals surface area contributed by atoms with E-state index in [1.165, 1.54) is 0 Å². The molecule has 2 aromatic rings. The van der Waals surface area contributed by atoms with Crippen LogP contribution in [0, 0.1) is 0 Å². The van der Waals surface area contributed by atoms with Crippen molar-refractivity contribution in [3.05, 3.63) is 53.4 Å². The maximum absolute atomic E-state index is 12.6. The van der Waals surface area contributed by atoms with Gasteiger partial charge >= 0.3 is 5.97 Å². The monoisotopic (exact) mass is 328 g/mol. The molecule has 1 aliphatic heterocycles. The van der Waals surface area contributed by atoms with Gasteiger partial charge in [0.1, 0.15) is 11.2 Å². The van der Waals surface area contributed by atoms with Crippen molar-refractivity contribution in [2.24, 2.45) is 0 Å². The van der Waals surface area contributed by atoms with E-state index < -0.39 is 11.4 Å². The lowest BCUT2D eigenvalue weighted by molar-refractivity contribution is -0.143. The summed E-state index contributed by atoms with van der Waals surface area (Å²) in [6.45, 7) is 2.54. The Hall–Kier alpha value is -2.63. The number of carbonyl (C=O) groups is 2. The van der Waals surface area contributed by atoms with Gasteiger partial charge in [-0.3, -0.25) is 9.59 Å². The van der Waals surface area contributed by atoms with E-state index in [0.29, 0.717) is 18.7 Å². The SMILES string of the molecule is CCCc1cc(C(=O)N2CC[C@@](C(=O)O)(c3ccccc3)C2)no1. The van der Waals surface area contributed by atoms with Crippen LogP contribution in [0.4, 0.5) is 0 Å². The molecular formula is C18H20N2O4. The van der Waals surface area contributed by atoms with E-state index in [1.807, 2.05) is 25.1 Å². The van der Waals surface area contributed by atoms with Crippen LogP contribution in [0.3, 0.4) is 0 Å². The topological polar surface area (TPSA) is 83.6 Å². The van der Waals surface area contributed by atoms with Crippen LogP contribution < -0.4 is 0 Å². The van der Waals surface area contributed by atoms with E-state index >= 15 is 0 Å². The first-order valence-electron chi connectivity index (χ1n) is 8.10. The van der Waals surface area contributed by atoms with Gasteiger partial charge in [-0.15, -0.1) is 0 Å². The number of aryl methyl sites for hydroxylation is 1. The molecule has 1 fully saturated rings. The highest BCUT2D eigenvalue weighted by atomic mass is 16.5. The number of aromatic nitrogens is 1. The minimum absolute atomic E-state index is 0.140. The maximum Gasteiger partial charge on any atom is 0.316 e. The Morgan fingerprint density at radius 3 is 2.75 bits per heavy atom. The van der Waals surface area contributed by atoms with E-state index in [-0.39, 0.29) is 18.1 Å². The predicted molar refractivity (Wildman–Crippen MR) is 86.8 cm³/mol. The van der Waals surface area contributed by atoms with Gasteiger partial charge in [0.15, 0.2) is 5.69 Å². The van der Waals surface area contributed by atoms with Crippen molar-refractivity contribution in [2.45, 2.75) is 31.6 Å². The Morgan fingerprint density at radius 2 is 2.08 bits per heavy atom. The van der Waals surface area contributed by atoms with Crippen LogP contribution >= 0.6 is 0 Å². The van der Waals surface area contributed by atoms with E-state index in [2.05, 4.69) is 5.16 Å². The van der Waals surface area contributed by atoms with E-state index in [9.17, 15) is 14.7 Å². The van der Waals surface area contributed by atoms with Crippen molar-refractivity contribution in [3.63, 3.8) is 0 Å². The van der Waals surface area contributed by atoms with Gasteiger partial charge in [0.25, 0.3) is 5.91 Å². The molecule has 1 amide bonds. The van der Waals surface area contributed by atoms with Crippen molar-refractivity contribution < 1.29 is 19.2 Å². The molecule has 1 N–H and O–H groups in total. The van der Waals surface area contributed by atoms with Crippen LogP contribution in [0.2, 0.25) is 0 Å². The van der Waals surface area contributed by atoms with Gasteiger partial charge in [-0.1, -0.05) is 42.4 Å². The number of rotatable bonds is 5. The second kappa shape index (κ2) is 6.47. The smallest absolute Gasteiger partial charge is 0.316 e. The van der Waals surface area contributed by atoms with Crippen LogP contribution in [-0.4, -0.2) is 40.1 Å². The molecule has 1 aromatic heterocycles. The largest absolute Gasteiger partial charge is 0.481 e. The van der Waals surface area contributed by atoms with Gasteiger partial charge in [-0.2, -0.15) is 0 Å². The minimum atomic E-state index is -1.06. The highest BCUT2D eigenvalue weighted by Crippen LogP contribution is 2.35. The average molecular weight is 328 g/mol. The lowest BCUT2D eigenvalue weighted by Crippen LogP contribution is -2.40. The number of aliphatic carboxylic acids is 1. The lowest BCUT2D eigenvalue weighted by atomic mass is 9.80. The summed E-state index contributed by atoms with van der Waals surface area (Å²) in [6, 6.07) is 10.7. The van der Waals surface area contributed by atoms with Crippen molar-refractivity contribution in [1.82, 2.24) is 10.1 Å². The Balaban J connectivity index is 1.82. The molecule has 0 radical (unpaired) electrons. The molecule has 0 unspecified atom stereocenters. The summed E-state index contributed by atoms with van der Waals surface area (Å²) in [7, 11) is 0. The molecule has 3 rings (SSSR count). The highest BCUT2D eigenvalue weighted by Gasteiger charge is 2.48. The van der Waals surface area contributed by atoms with E-state index in [1.54, 1.807) is 23.1 Å². The normalized spacial score (nSPS) is 20.3. The number of carboxylic acids is 1. The van der Waals surface area contributed by atoms with Gasteiger partial charge in [0.05, 0.1) is 0 Å². The van der Waals surface area contributed by atoms with Gasteiger partial charge in [-0.05, 0) is 18.4 Å². The zero-order valence-corrected chi connectivity index (χ0v) is 13.6. The first-order chi connectivity index (χ1) is 11.6. The van der Waals surface area contributed by atoms with Gasteiger partial charge < -0.3 is 14.5 Å². The maximum atomic E-state index is 12.6. The second-order valence-electron chi connectivity index (χ2n) is 6.16. The standard InChI is InChI=1S/C18H20N2O4/c1-2-6-14-11-15(19-24-14)16(21)20-10-9-18(12-20,17(22)23)13-7-4-3-5-8-13/h3-5,7-8,11H,2,6,9-10,12H2,1H3,(H,22,23)/t18-/m0/s1. The molecule has 1 aliphatic rings. The third-order valence-electron chi connectivity index (χ3n) is 4.57. The van der Waals surface area contributed by atoms with Crippen LogP contribution in [0.1, 0.15) is 41.6 Å². The summed E-state index contributed by atoms with van der Waals surface area (Å²) in [5.41, 5.74) is -0.0975. The van der Waals surface area contributed by atoms with Crippen LogP contribution in [0.15, 0.2) is 40.9 Å². The molecule has 6 nitrogen and oxygen atoms in total. The molecule has 6 heteroatoms. The minimum Gasteiger partial charge on any atom is -0.481 e. The van der Waals surface area contributed by atoms with E-state index in [0.717, 1.165) is 18.4 Å². The van der Waals surface area contributed by atoms with E-state index in [4.69, 9.17) is 4.52 Å². The number of hydrogen-bond acceptors (Lipinski definition) is 4. The van der Waals surface area contributed by atoms with Crippen LogP contribution in [0.5, 0.6) is 0 Å². The summed E-state index contributed by atoms with van der Waals surface area (Å²) in [6.07, 6.45) is 2.02. The highest BCUT2D eigenvalue weighted by molar-refractivity contribution is 5.94. The van der Waals surface area contributed by atoms with Gasteiger partial charge in [0.2, 0.25) is 0 Å². The summed E-state index contributed by atoms with van der Waals surface area (Å²) in [5.74, 6) is -0.511. The molecule has 0 bridgehead atoms. The molecule has 0 saturated carbocycles. The fourth-order valence-corrected chi connectivity index (χ4v) is 3.21. The summed E-state index contributed by atoms with van der Waals surface area (Å²) in [4.78, 5) is 26.1. The molecule has 1 saturated heterocycles. The quantitative estimate of drug-likeness (QED) is 0.911. The second-order valence-corrected chi connectivity index (χ2v) is 6.16. The molecule has 0 aliphatic carbocycles. The number of amides is 1. The van der Waals surface area contributed by atoms with Crippen LogP contribution in [-0.2, 0) is 16.6 Å². The number of likely N-dealkylation sites (tertiary alicyclic amines) is 1. The predicted octanol–water partition coefficient (Wildman–Crippen LogP) is 2.50. The Kier molecular flexibility index (Phi) is 4.38. The number of nitrogens with zero attached hydrogens (tertiary/aromatic N) is 2. The molecule has 1 atom stereocenters. The fourth-order valence-electron chi connectivity index (χ4n) is 3.21. The molecule has 1 aromatic carbocycles. The molecule has 0 spiro atoms. The van der Waals surface area contributed by atoms with Crippen molar-refractivity contribution in [2.75, 3.05) is 13.1 Å². The zero-order chi connectivity index (χ0) is 17.2. The lowest BCUT2D eigenvalue weighted by Gasteiger charge is -2.25. The molecular weight excluding hydrogens is 308 g/mol. The van der Waals surface area contributed by atoms with Crippen molar-refractivity contribution in [1.29, 1.82) is 0 Å².